The molecule has 1 atom stereocenters. The number of carbonyl (C=O) groups excluding carboxylic acids is 1. The minimum absolute atomic E-state index is 0.0713. The van der Waals surface area contributed by atoms with Gasteiger partial charge in [-0.2, -0.15) is 0 Å². The predicted octanol–water partition coefficient (Wildman–Crippen LogP) is 4.61. The van der Waals surface area contributed by atoms with Crippen LogP contribution in [0, 0.1) is 0 Å². The van der Waals surface area contributed by atoms with Gasteiger partial charge in [-0.3, -0.25) is 4.79 Å². The highest BCUT2D eigenvalue weighted by atomic mass is 79.9. The molecule has 2 aromatic rings. The van der Waals surface area contributed by atoms with Crippen molar-refractivity contribution >= 4 is 43.5 Å². The van der Waals surface area contributed by atoms with E-state index in [0.29, 0.717) is 11.2 Å². The smallest absolute Gasteiger partial charge is 0.221 e. The third-order valence-electron chi connectivity index (χ3n) is 2.99. The molecule has 6 heteroatoms. The van der Waals surface area contributed by atoms with Gasteiger partial charge in [-0.15, -0.1) is 0 Å². The number of carbonyl (C=O) groups is 1. The topological polar surface area (TPSA) is 54.3 Å². The first-order valence-corrected chi connectivity index (χ1v) is 8.09. The molecule has 1 aromatic carbocycles. The van der Waals surface area contributed by atoms with Crippen molar-refractivity contribution in [3.8, 4) is 0 Å². The lowest BCUT2D eigenvalue weighted by Gasteiger charge is -2.14. The van der Waals surface area contributed by atoms with Crippen LogP contribution >= 0.6 is 31.9 Å². The fourth-order valence-corrected chi connectivity index (χ4v) is 2.60. The molecule has 0 radical (unpaired) electrons. The number of rotatable bonds is 5. The van der Waals surface area contributed by atoms with Gasteiger partial charge in [0.2, 0.25) is 5.91 Å². The largest absolute Gasteiger partial charge is 0.452 e. The van der Waals surface area contributed by atoms with E-state index >= 15 is 0 Å². The molecule has 0 aliphatic heterocycles. The van der Waals surface area contributed by atoms with Crippen molar-refractivity contribution in [2.24, 2.45) is 0 Å². The van der Waals surface area contributed by atoms with Crippen LogP contribution in [0.4, 0.5) is 5.69 Å². The Hall–Kier alpha value is -1.11. The van der Waals surface area contributed by atoms with Gasteiger partial charge >= 0.3 is 0 Å². The average Bonchev–Trinajstić information content (AvgIpc) is 2.75. The molecule has 1 heterocycles. The summed E-state index contributed by atoms with van der Waals surface area (Å²) in [6, 6.07) is 9.86. The summed E-state index contributed by atoms with van der Waals surface area (Å²) < 4.78 is 7.12. The normalized spacial score (nSPS) is 12.2. The van der Waals surface area contributed by atoms with Crippen molar-refractivity contribution in [3.05, 3.63) is 50.8 Å². The standard InChI is InChI=1S/C15H16Br2N2O2/c1-9(18-8-13-7-14(16)15(17)21-13)11-4-3-5-12(6-11)19-10(2)20/h3-7,9,18H,8H2,1-2H3,(H,19,20). The molecule has 0 spiro atoms. The van der Waals surface area contributed by atoms with Gasteiger partial charge in [-0.1, -0.05) is 12.1 Å². The van der Waals surface area contributed by atoms with Gasteiger partial charge < -0.3 is 15.1 Å². The molecule has 0 saturated heterocycles. The number of benzene rings is 1. The second-order valence-electron chi connectivity index (χ2n) is 4.74. The van der Waals surface area contributed by atoms with Gasteiger partial charge in [0.15, 0.2) is 4.67 Å². The fourth-order valence-electron chi connectivity index (χ4n) is 1.94. The minimum Gasteiger partial charge on any atom is -0.452 e. The minimum atomic E-state index is -0.0713. The molecular formula is C15H16Br2N2O2. The van der Waals surface area contributed by atoms with E-state index in [9.17, 15) is 4.79 Å². The molecule has 21 heavy (non-hydrogen) atoms. The van der Waals surface area contributed by atoms with Crippen LogP contribution in [0.15, 0.2) is 43.9 Å². The van der Waals surface area contributed by atoms with Crippen molar-refractivity contribution in [2.75, 3.05) is 5.32 Å². The maximum atomic E-state index is 11.1. The molecular weight excluding hydrogens is 400 g/mol. The monoisotopic (exact) mass is 414 g/mol. The molecule has 1 amide bonds. The molecule has 2 N–H and O–H groups in total. The van der Waals surface area contributed by atoms with E-state index < -0.39 is 0 Å². The number of amides is 1. The van der Waals surface area contributed by atoms with Crippen molar-refractivity contribution in [1.82, 2.24) is 5.32 Å². The first kappa shape index (κ1) is 16.3. The van der Waals surface area contributed by atoms with Crippen molar-refractivity contribution < 1.29 is 9.21 Å². The van der Waals surface area contributed by atoms with Crippen LogP contribution in [0.5, 0.6) is 0 Å². The van der Waals surface area contributed by atoms with Crippen molar-refractivity contribution in [2.45, 2.75) is 26.4 Å². The van der Waals surface area contributed by atoms with Crippen LogP contribution in [0.2, 0.25) is 0 Å². The van der Waals surface area contributed by atoms with Crippen LogP contribution in [-0.2, 0) is 11.3 Å². The molecule has 0 aliphatic carbocycles. The zero-order chi connectivity index (χ0) is 15.4. The van der Waals surface area contributed by atoms with Crippen LogP contribution < -0.4 is 10.6 Å². The van der Waals surface area contributed by atoms with Crippen molar-refractivity contribution in [1.29, 1.82) is 0 Å². The van der Waals surface area contributed by atoms with Gasteiger partial charge in [0.25, 0.3) is 0 Å². The van der Waals surface area contributed by atoms with Gasteiger partial charge in [-0.25, -0.2) is 0 Å². The summed E-state index contributed by atoms with van der Waals surface area (Å²) in [4.78, 5) is 11.1. The lowest BCUT2D eigenvalue weighted by molar-refractivity contribution is -0.114. The van der Waals surface area contributed by atoms with Crippen LogP contribution in [0.25, 0.3) is 0 Å². The van der Waals surface area contributed by atoms with Gasteiger partial charge in [0.1, 0.15) is 5.76 Å². The third-order valence-corrected chi connectivity index (χ3v) is 4.70. The summed E-state index contributed by atoms with van der Waals surface area (Å²) >= 11 is 6.71. The average molecular weight is 416 g/mol. The lowest BCUT2D eigenvalue weighted by Crippen LogP contribution is -2.18. The zero-order valence-corrected chi connectivity index (χ0v) is 14.9. The quantitative estimate of drug-likeness (QED) is 0.749. The highest BCUT2D eigenvalue weighted by Gasteiger charge is 2.09. The lowest BCUT2D eigenvalue weighted by atomic mass is 10.1. The van der Waals surface area contributed by atoms with E-state index in [-0.39, 0.29) is 11.9 Å². The highest BCUT2D eigenvalue weighted by Crippen LogP contribution is 2.27. The van der Waals surface area contributed by atoms with Gasteiger partial charge in [0.05, 0.1) is 11.0 Å². The van der Waals surface area contributed by atoms with E-state index in [1.165, 1.54) is 6.92 Å². The van der Waals surface area contributed by atoms with E-state index in [1.54, 1.807) is 0 Å². The first-order chi connectivity index (χ1) is 9.95. The Labute approximate surface area is 140 Å². The molecule has 4 nitrogen and oxygen atoms in total. The molecule has 0 aliphatic rings. The molecule has 0 fully saturated rings. The molecule has 112 valence electrons. The number of furan rings is 1. The SMILES string of the molecule is CC(=O)Nc1cccc(C(C)NCc2cc(Br)c(Br)o2)c1. The number of hydrogen-bond donors (Lipinski definition) is 2. The molecule has 2 rings (SSSR count). The molecule has 1 unspecified atom stereocenters. The van der Waals surface area contributed by atoms with Crippen LogP contribution in [0.1, 0.15) is 31.2 Å². The third kappa shape index (κ3) is 4.69. The molecule has 0 bridgehead atoms. The number of anilines is 1. The second-order valence-corrected chi connectivity index (χ2v) is 6.32. The predicted molar refractivity (Wildman–Crippen MR) is 90.1 cm³/mol. The number of nitrogens with one attached hydrogen (secondary N) is 2. The Morgan fingerprint density at radius 2 is 2.10 bits per heavy atom. The highest BCUT2D eigenvalue weighted by molar-refractivity contribution is 9.13. The number of hydrogen-bond acceptors (Lipinski definition) is 3. The Morgan fingerprint density at radius 1 is 1.33 bits per heavy atom. The van der Waals surface area contributed by atoms with E-state index in [1.807, 2.05) is 30.3 Å². The summed E-state index contributed by atoms with van der Waals surface area (Å²) in [6.07, 6.45) is 0. The summed E-state index contributed by atoms with van der Waals surface area (Å²) in [5.74, 6) is 0.775. The van der Waals surface area contributed by atoms with Crippen LogP contribution in [-0.4, -0.2) is 5.91 Å². The summed E-state index contributed by atoms with van der Waals surface area (Å²) in [6.45, 7) is 4.19. The van der Waals surface area contributed by atoms with E-state index in [2.05, 4.69) is 49.4 Å². The first-order valence-electron chi connectivity index (χ1n) is 6.50. The Bertz CT molecular complexity index is 621. The second kappa shape index (κ2) is 7.24. The fraction of sp³-hybridized carbons (Fsp3) is 0.267. The van der Waals surface area contributed by atoms with Gasteiger partial charge in [0, 0.05) is 18.7 Å². The summed E-state index contributed by atoms with van der Waals surface area (Å²) in [5, 5.41) is 6.18. The maximum absolute atomic E-state index is 11.1. The Kier molecular flexibility index (Phi) is 5.61. The summed E-state index contributed by atoms with van der Waals surface area (Å²) in [7, 11) is 0. The molecule has 1 aromatic heterocycles. The zero-order valence-electron chi connectivity index (χ0n) is 11.7. The Balaban J connectivity index is 1.99. The van der Waals surface area contributed by atoms with Crippen LogP contribution in [0.3, 0.4) is 0 Å². The van der Waals surface area contributed by atoms with E-state index in [0.717, 1.165) is 21.5 Å². The Morgan fingerprint density at radius 3 is 2.71 bits per heavy atom. The van der Waals surface area contributed by atoms with Gasteiger partial charge in [-0.05, 0) is 62.5 Å². The van der Waals surface area contributed by atoms with Crippen molar-refractivity contribution in [3.63, 3.8) is 0 Å². The molecule has 0 saturated carbocycles. The summed E-state index contributed by atoms with van der Waals surface area (Å²) in [5.41, 5.74) is 1.91. The van der Waals surface area contributed by atoms with E-state index in [4.69, 9.17) is 4.42 Å². The number of halogens is 2. The maximum Gasteiger partial charge on any atom is 0.221 e.